The van der Waals surface area contributed by atoms with Crippen molar-refractivity contribution in [3.63, 3.8) is 0 Å². The first kappa shape index (κ1) is 24.4. The number of carbonyl (C=O) groups excluding carboxylic acids is 2. The van der Waals surface area contributed by atoms with Gasteiger partial charge in [0.1, 0.15) is 29.5 Å². The van der Waals surface area contributed by atoms with Crippen molar-refractivity contribution in [2.24, 2.45) is 0 Å². The molecule has 0 saturated carbocycles. The van der Waals surface area contributed by atoms with Gasteiger partial charge in [-0.25, -0.2) is 9.97 Å². The molecule has 11 nitrogen and oxygen atoms in total. The Bertz CT molecular complexity index is 1690. The average Bonchev–Trinajstić information content (AvgIpc) is 3.75. The molecule has 0 fully saturated rings. The minimum absolute atomic E-state index is 0.310. The van der Waals surface area contributed by atoms with E-state index >= 15 is 0 Å². The Hall–Kier alpha value is -5.97. The lowest BCUT2D eigenvalue weighted by molar-refractivity contribution is 0.111. The van der Waals surface area contributed by atoms with E-state index in [1.807, 2.05) is 0 Å². The molecule has 0 saturated heterocycles. The first-order valence-electron chi connectivity index (χ1n) is 12.0. The fourth-order valence-electron chi connectivity index (χ4n) is 4.57. The van der Waals surface area contributed by atoms with E-state index in [9.17, 15) is 9.59 Å². The van der Waals surface area contributed by atoms with Crippen molar-refractivity contribution in [1.82, 2.24) is 15.0 Å². The number of benzene rings is 2. The van der Waals surface area contributed by atoms with Crippen LogP contribution in [-0.2, 0) is 0 Å². The number of aldehydes is 2. The van der Waals surface area contributed by atoms with E-state index in [-0.39, 0.29) is 0 Å². The van der Waals surface area contributed by atoms with Crippen LogP contribution >= 0.6 is 0 Å². The van der Waals surface area contributed by atoms with Crippen molar-refractivity contribution in [3.8, 4) is 33.8 Å². The van der Waals surface area contributed by atoms with Crippen LogP contribution in [0.1, 0.15) is 20.7 Å². The highest BCUT2D eigenvalue weighted by Crippen LogP contribution is 2.40. The lowest BCUT2D eigenvalue weighted by Crippen LogP contribution is -2.03. The molecule has 6 rings (SSSR count). The second kappa shape index (κ2) is 10.1. The largest absolute Gasteiger partial charge is 0.464 e. The topological polar surface area (TPSA) is 175 Å². The standard InChI is InChI=1S/C29H21N7O4/c30-20-5-7-22(18(13-37)26(20)24-3-1-9-39-24)35-28-16-11-32-12-17(16)29(34-15-33-28)36-23-8-6-21(31)27(19(23)14-38)25-4-2-10-40-25/h1-15H,30-31H2,(H2,33,34,35,36). The quantitative estimate of drug-likeness (QED) is 0.138. The van der Waals surface area contributed by atoms with E-state index in [1.54, 1.807) is 60.9 Å². The van der Waals surface area contributed by atoms with E-state index in [1.165, 1.54) is 18.9 Å². The number of rotatable bonds is 8. The van der Waals surface area contributed by atoms with Crippen LogP contribution in [0.5, 0.6) is 0 Å². The smallest absolute Gasteiger partial charge is 0.152 e. The minimum Gasteiger partial charge on any atom is -0.464 e. The second-order valence-electron chi connectivity index (χ2n) is 8.73. The molecule has 40 heavy (non-hydrogen) atoms. The van der Waals surface area contributed by atoms with Crippen molar-refractivity contribution in [3.05, 3.63) is 90.9 Å². The highest BCUT2D eigenvalue weighted by Gasteiger charge is 2.21. The number of aromatic nitrogens is 3. The van der Waals surface area contributed by atoms with Crippen molar-refractivity contribution in [1.29, 1.82) is 0 Å². The molecular formula is C29H21N7O4. The summed E-state index contributed by atoms with van der Waals surface area (Å²) in [5.74, 6) is 1.73. The maximum absolute atomic E-state index is 12.2. The zero-order valence-corrected chi connectivity index (χ0v) is 20.8. The van der Waals surface area contributed by atoms with Gasteiger partial charge in [-0.1, -0.05) is 0 Å². The van der Waals surface area contributed by atoms with Crippen molar-refractivity contribution >= 4 is 47.0 Å². The van der Waals surface area contributed by atoms with Crippen LogP contribution in [0.3, 0.4) is 0 Å². The Labute approximate surface area is 227 Å². The van der Waals surface area contributed by atoms with Gasteiger partial charge in [-0.15, -0.1) is 0 Å². The van der Waals surface area contributed by atoms with Gasteiger partial charge in [0.25, 0.3) is 0 Å². The number of hydrogen-bond donors (Lipinski definition) is 4. The number of nitrogens with one attached hydrogen (secondary N) is 2. The summed E-state index contributed by atoms with van der Waals surface area (Å²) in [5, 5.41) is 6.44. The van der Waals surface area contributed by atoms with Crippen LogP contribution in [0.2, 0.25) is 0 Å². The number of nitrogens with two attached hydrogens (primary N) is 2. The molecule has 2 aromatic heterocycles. The summed E-state index contributed by atoms with van der Waals surface area (Å²) in [7, 11) is 0. The number of nitrogen functional groups attached to an aromatic ring is 2. The van der Waals surface area contributed by atoms with Gasteiger partial charge in [-0.3, -0.25) is 14.6 Å². The van der Waals surface area contributed by atoms with Crippen LogP contribution in [0.15, 0.2) is 88.6 Å². The van der Waals surface area contributed by atoms with E-state index in [2.05, 4.69) is 25.6 Å². The summed E-state index contributed by atoms with van der Waals surface area (Å²) in [4.78, 5) is 37.6. The molecule has 2 aromatic carbocycles. The van der Waals surface area contributed by atoms with Gasteiger partial charge in [0.05, 0.1) is 46.2 Å². The number of furan rings is 2. The molecule has 0 bridgehead atoms. The van der Waals surface area contributed by atoms with Crippen molar-refractivity contribution in [2.75, 3.05) is 22.1 Å². The van der Waals surface area contributed by atoms with Crippen molar-refractivity contribution < 1.29 is 18.4 Å². The number of hydrogen-bond acceptors (Lipinski definition) is 11. The first-order valence-corrected chi connectivity index (χ1v) is 12.0. The van der Waals surface area contributed by atoms with Crippen molar-refractivity contribution in [2.45, 2.75) is 0 Å². The number of anilines is 6. The van der Waals surface area contributed by atoms with E-state index in [4.69, 9.17) is 20.3 Å². The third kappa shape index (κ3) is 4.17. The molecular weight excluding hydrogens is 510 g/mol. The van der Waals surface area contributed by atoms with Gasteiger partial charge < -0.3 is 30.9 Å². The molecule has 0 unspecified atom stereocenters. The molecule has 11 heteroatoms. The third-order valence-electron chi connectivity index (χ3n) is 6.41. The number of carbonyl (C=O) groups is 2. The first-order chi connectivity index (χ1) is 19.6. The van der Waals surface area contributed by atoms with E-state index in [0.717, 1.165) is 0 Å². The van der Waals surface area contributed by atoms with Gasteiger partial charge in [0, 0.05) is 34.9 Å². The highest BCUT2D eigenvalue weighted by atomic mass is 16.3. The zero-order chi connectivity index (χ0) is 27.6. The zero-order valence-electron chi connectivity index (χ0n) is 20.8. The predicted molar refractivity (Wildman–Crippen MR) is 151 cm³/mol. The summed E-state index contributed by atoms with van der Waals surface area (Å²) in [6, 6.07) is 13.6. The molecule has 0 spiro atoms. The Kier molecular flexibility index (Phi) is 6.13. The predicted octanol–water partition coefficient (Wildman–Crippen LogP) is 5.77. The van der Waals surface area contributed by atoms with Crippen LogP contribution in [0.4, 0.5) is 34.4 Å². The molecule has 4 aromatic rings. The molecule has 0 radical (unpaired) electrons. The normalized spacial score (nSPS) is 10.9. The average molecular weight is 532 g/mol. The van der Waals surface area contributed by atoms with Crippen LogP contribution in [0, 0.1) is 0 Å². The van der Waals surface area contributed by atoms with Gasteiger partial charge in [-0.05, 0) is 48.5 Å². The van der Waals surface area contributed by atoms with Gasteiger partial charge >= 0.3 is 0 Å². The highest BCUT2D eigenvalue weighted by molar-refractivity contribution is 6.01. The van der Waals surface area contributed by atoms with Crippen LogP contribution in [0.25, 0.3) is 33.8 Å². The summed E-state index contributed by atoms with van der Waals surface area (Å²) >= 11 is 0. The molecule has 2 aliphatic rings. The Morgan fingerprint density at radius 2 is 1.15 bits per heavy atom. The monoisotopic (exact) mass is 531 g/mol. The third-order valence-corrected chi connectivity index (χ3v) is 6.41. The molecule has 0 atom stereocenters. The second-order valence-corrected chi connectivity index (χ2v) is 8.73. The van der Waals surface area contributed by atoms with E-state index in [0.29, 0.717) is 91.9 Å². The molecule has 2 aliphatic heterocycles. The molecule has 196 valence electrons. The number of nitrogens with zero attached hydrogens (tertiary/aromatic N) is 3. The molecule has 0 amide bonds. The summed E-state index contributed by atoms with van der Waals surface area (Å²) in [5.41, 5.74) is 16.9. The van der Waals surface area contributed by atoms with Crippen LogP contribution < -0.4 is 22.1 Å². The lowest BCUT2D eigenvalue weighted by Gasteiger charge is -2.15. The van der Waals surface area contributed by atoms with Gasteiger partial charge in [0.2, 0.25) is 0 Å². The maximum atomic E-state index is 12.2. The van der Waals surface area contributed by atoms with Crippen LogP contribution in [-0.4, -0.2) is 27.5 Å². The SMILES string of the molecule is Nc1ccc(Nc2ncnc(Nc3ccc(N)c(-c4ccco4)c3C=O)c3cncc2-3)c(C=O)c1-c1ccco1. The molecule has 4 heterocycles. The van der Waals surface area contributed by atoms with E-state index < -0.39 is 0 Å². The Balaban J connectivity index is 1.39. The number of fused-ring (bicyclic) bond motifs is 1. The summed E-state index contributed by atoms with van der Waals surface area (Å²) < 4.78 is 11.0. The minimum atomic E-state index is 0.310. The molecule has 6 N–H and O–H groups in total. The fourth-order valence-corrected chi connectivity index (χ4v) is 4.57. The molecule has 0 aliphatic carbocycles. The maximum Gasteiger partial charge on any atom is 0.152 e. The van der Waals surface area contributed by atoms with Gasteiger partial charge in [0.15, 0.2) is 12.6 Å². The fraction of sp³-hybridized carbons (Fsp3) is 0. The Morgan fingerprint density at radius 1 is 0.675 bits per heavy atom. The lowest BCUT2D eigenvalue weighted by atomic mass is 10.0. The summed E-state index contributed by atoms with van der Waals surface area (Å²) in [6.45, 7) is 0. The Morgan fingerprint density at radius 3 is 1.55 bits per heavy atom. The summed E-state index contributed by atoms with van der Waals surface area (Å²) in [6.07, 6.45) is 9.06. The van der Waals surface area contributed by atoms with Gasteiger partial charge in [-0.2, -0.15) is 0 Å².